The summed E-state index contributed by atoms with van der Waals surface area (Å²) in [5.74, 6) is -0.272. The number of amides is 1. The maximum Gasteiger partial charge on any atom is 0.305 e. The Hall–Kier alpha value is -1.10. The van der Waals surface area contributed by atoms with Gasteiger partial charge in [-0.05, 0) is 25.7 Å². The minimum atomic E-state index is -0.871. The number of nitrogens with zero attached hydrogens (tertiary/aromatic N) is 1. The number of carbonyl (C=O) groups is 2. The topological polar surface area (TPSA) is 69.6 Å². The molecule has 5 nitrogen and oxygen atoms in total. The van der Waals surface area contributed by atoms with E-state index in [0.717, 1.165) is 0 Å². The summed E-state index contributed by atoms with van der Waals surface area (Å²) >= 11 is 0. The summed E-state index contributed by atoms with van der Waals surface area (Å²) in [6.07, 6.45) is 2.84. The normalized spacial score (nSPS) is 31.0. The predicted molar refractivity (Wildman–Crippen MR) is 52.8 cm³/mol. The fourth-order valence-corrected chi connectivity index (χ4v) is 2.16. The summed E-state index contributed by atoms with van der Waals surface area (Å²) in [7, 11) is 0. The number of nitrogens with one attached hydrogen (secondary N) is 1. The third kappa shape index (κ3) is 2.12. The second kappa shape index (κ2) is 3.48. The third-order valence-corrected chi connectivity index (χ3v) is 3.24. The Balaban J connectivity index is 1.92. The van der Waals surface area contributed by atoms with E-state index in [9.17, 15) is 9.59 Å². The molecule has 2 aliphatic rings. The Bertz CT molecular complexity index is 301. The van der Waals surface area contributed by atoms with Crippen LogP contribution >= 0.6 is 0 Å². The first-order chi connectivity index (χ1) is 7.01. The van der Waals surface area contributed by atoms with Crippen molar-refractivity contribution in [3.05, 3.63) is 0 Å². The molecule has 1 atom stereocenters. The van der Waals surface area contributed by atoms with Crippen LogP contribution in [0, 0.1) is 5.92 Å². The quantitative estimate of drug-likeness (QED) is 0.706. The van der Waals surface area contributed by atoms with Crippen molar-refractivity contribution in [2.45, 2.75) is 38.1 Å². The molecule has 2 fully saturated rings. The monoisotopic (exact) mass is 212 g/mol. The summed E-state index contributed by atoms with van der Waals surface area (Å²) in [5, 5.41) is 10.0. The second-order valence-corrected chi connectivity index (χ2v) is 4.67. The van der Waals surface area contributed by atoms with Crippen molar-refractivity contribution in [2.75, 3.05) is 6.54 Å². The zero-order valence-corrected chi connectivity index (χ0v) is 8.82. The van der Waals surface area contributed by atoms with Crippen molar-refractivity contribution in [1.29, 1.82) is 0 Å². The smallest absolute Gasteiger partial charge is 0.305 e. The minimum Gasteiger partial charge on any atom is -0.481 e. The van der Waals surface area contributed by atoms with E-state index in [1.165, 1.54) is 17.9 Å². The molecule has 1 saturated carbocycles. The standard InChI is InChI=1S/C10H16N2O3/c1-10(7-2-3-7)6-8(13)12(11-10)5-4-9(14)15/h7,11H,2-6H2,1H3,(H,14,15). The molecular weight excluding hydrogens is 196 g/mol. The first-order valence-electron chi connectivity index (χ1n) is 5.31. The summed E-state index contributed by atoms with van der Waals surface area (Å²) in [4.78, 5) is 22.0. The van der Waals surface area contributed by atoms with E-state index >= 15 is 0 Å². The number of carboxylic acids is 1. The molecule has 0 spiro atoms. The van der Waals surface area contributed by atoms with Gasteiger partial charge in [0.25, 0.3) is 0 Å². The molecule has 1 aliphatic heterocycles. The highest BCUT2D eigenvalue weighted by Gasteiger charge is 2.48. The number of hydrogen-bond acceptors (Lipinski definition) is 3. The van der Waals surface area contributed by atoms with Crippen LogP contribution in [0.3, 0.4) is 0 Å². The van der Waals surface area contributed by atoms with Crippen molar-refractivity contribution in [2.24, 2.45) is 5.92 Å². The number of hydrogen-bond donors (Lipinski definition) is 2. The lowest BCUT2D eigenvalue weighted by Crippen LogP contribution is -2.46. The van der Waals surface area contributed by atoms with E-state index in [4.69, 9.17) is 5.11 Å². The highest BCUT2D eigenvalue weighted by molar-refractivity contribution is 5.80. The zero-order valence-electron chi connectivity index (χ0n) is 8.82. The first kappa shape index (κ1) is 10.4. The van der Waals surface area contributed by atoms with E-state index in [2.05, 4.69) is 5.43 Å². The van der Waals surface area contributed by atoms with Gasteiger partial charge in [0.15, 0.2) is 0 Å². The van der Waals surface area contributed by atoms with E-state index < -0.39 is 5.97 Å². The molecular formula is C10H16N2O3. The molecule has 0 aromatic rings. The van der Waals surface area contributed by atoms with Gasteiger partial charge >= 0.3 is 5.97 Å². The molecule has 1 saturated heterocycles. The molecule has 84 valence electrons. The van der Waals surface area contributed by atoms with Gasteiger partial charge in [-0.15, -0.1) is 0 Å². The number of carbonyl (C=O) groups excluding carboxylic acids is 1. The largest absolute Gasteiger partial charge is 0.481 e. The summed E-state index contributed by atoms with van der Waals surface area (Å²) in [5.41, 5.74) is 3.03. The lowest BCUT2D eigenvalue weighted by atomic mass is 9.94. The van der Waals surface area contributed by atoms with E-state index in [-0.39, 0.29) is 24.4 Å². The Morgan fingerprint density at radius 3 is 2.87 bits per heavy atom. The molecule has 0 radical (unpaired) electrons. The van der Waals surface area contributed by atoms with E-state index in [1.54, 1.807) is 0 Å². The van der Waals surface area contributed by atoms with Crippen LogP contribution in [0.1, 0.15) is 32.6 Å². The van der Waals surface area contributed by atoms with Gasteiger partial charge in [0.1, 0.15) is 0 Å². The van der Waals surface area contributed by atoms with E-state index in [0.29, 0.717) is 12.3 Å². The number of hydrazine groups is 1. The fraction of sp³-hybridized carbons (Fsp3) is 0.800. The molecule has 0 aromatic heterocycles. The lowest BCUT2D eigenvalue weighted by molar-refractivity contribution is -0.138. The summed E-state index contributed by atoms with van der Waals surface area (Å²) in [6.45, 7) is 2.31. The van der Waals surface area contributed by atoms with Crippen LogP contribution in [0.5, 0.6) is 0 Å². The van der Waals surface area contributed by atoms with Gasteiger partial charge in [-0.1, -0.05) is 0 Å². The molecule has 15 heavy (non-hydrogen) atoms. The Labute approximate surface area is 88.4 Å². The number of aliphatic carboxylic acids is 1. The molecule has 2 rings (SSSR count). The van der Waals surface area contributed by atoms with Gasteiger partial charge in [0.2, 0.25) is 5.91 Å². The van der Waals surface area contributed by atoms with Crippen LogP contribution in [0.25, 0.3) is 0 Å². The average molecular weight is 212 g/mol. The molecule has 1 aliphatic carbocycles. The Morgan fingerprint density at radius 2 is 2.33 bits per heavy atom. The predicted octanol–water partition coefficient (Wildman–Crippen LogP) is 0.367. The highest BCUT2D eigenvalue weighted by atomic mass is 16.4. The number of rotatable bonds is 4. The lowest BCUT2D eigenvalue weighted by Gasteiger charge is -2.25. The molecule has 0 aromatic carbocycles. The molecule has 1 unspecified atom stereocenters. The van der Waals surface area contributed by atoms with Gasteiger partial charge in [0, 0.05) is 18.5 Å². The molecule has 1 amide bonds. The highest BCUT2D eigenvalue weighted by Crippen LogP contribution is 2.43. The van der Waals surface area contributed by atoms with E-state index in [1.807, 2.05) is 6.92 Å². The summed E-state index contributed by atoms with van der Waals surface area (Å²) < 4.78 is 0. The average Bonchev–Trinajstić information content (AvgIpc) is 2.91. The van der Waals surface area contributed by atoms with Crippen LogP contribution in [0.15, 0.2) is 0 Å². The first-order valence-corrected chi connectivity index (χ1v) is 5.31. The second-order valence-electron chi connectivity index (χ2n) is 4.67. The van der Waals surface area contributed by atoms with Crippen molar-refractivity contribution in [1.82, 2.24) is 10.4 Å². The van der Waals surface area contributed by atoms with Crippen LogP contribution in [-0.2, 0) is 9.59 Å². The number of carboxylic acid groups (broad SMARTS) is 1. The molecule has 1 heterocycles. The van der Waals surface area contributed by atoms with Crippen molar-refractivity contribution in [3.63, 3.8) is 0 Å². The van der Waals surface area contributed by atoms with Gasteiger partial charge in [-0.2, -0.15) is 0 Å². The zero-order chi connectivity index (χ0) is 11.1. The minimum absolute atomic E-state index is 0.000509. The van der Waals surface area contributed by atoms with Gasteiger partial charge in [-0.25, -0.2) is 5.43 Å². The molecule has 0 bridgehead atoms. The maximum atomic E-state index is 11.6. The summed E-state index contributed by atoms with van der Waals surface area (Å²) in [6, 6.07) is 0. The Kier molecular flexibility index (Phi) is 2.42. The molecule has 2 N–H and O–H groups in total. The van der Waals surface area contributed by atoms with Crippen LogP contribution in [0.4, 0.5) is 0 Å². The molecule has 5 heteroatoms. The van der Waals surface area contributed by atoms with Crippen molar-refractivity contribution in [3.8, 4) is 0 Å². The Morgan fingerprint density at radius 1 is 1.67 bits per heavy atom. The third-order valence-electron chi connectivity index (χ3n) is 3.24. The van der Waals surface area contributed by atoms with Crippen LogP contribution in [-0.4, -0.2) is 34.1 Å². The van der Waals surface area contributed by atoms with Crippen molar-refractivity contribution >= 4 is 11.9 Å². The van der Waals surface area contributed by atoms with Crippen molar-refractivity contribution < 1.29 is 14.7 Å². The van der Waals surface area contributed by atoms with Crippen LogP contribution in [0.2, 0.25) is 0 Å². The van der Waals surface area contributed by atoms with Crippen LogP contribution < -0.4 is 5.43 Å². The SMILES string of the molecule is CC1(C2CC2)CC(=O)N(CCC(=O)O)N1. The fourth-order valence-electron chi connectivity index (χ4n) is 2.16. The van der Waals surface area contributed by atoms with Gasteiger partial charge in [-0.3, -0.25) is 14.6 Å². The van der Waals surface area contributed by atoms with Gasteiger partial charge in [0.05, 0.1) is 6.42 Å². The maximum absolute atomic E-state index is 11.6. The van der Waals surface area contributed by atoms with Gasteiger partial charge < -0.3 is 5.11 Å².